The Labute approximate surface area is 115 Å². The lowest BCUT2D eigenvalue weighted by atomic mass is 10.3. The van der Waals surface area contributed by atoms with Crippen molar-refractivity contribution in [1.29, 1.82) is 0 Å². The molecule has 18 heavy (non-hydrogen) atoms. The standard InChI is InChI=1S/C11H13Cl2N5/c12-10-7-9(11(13)17-16-10)15-3-1-2-5-18-6-4-14-8-18/h4,6-8H,1-3,5H2,(H,15,16). The minimum absolute atomic E-state index is 0.334. The molecule has 2 aromatic rings. The van der Waals surface area contributed by atoms with Crippen molar-refractivity contribution in [3.05, 3.63) is 35.1 Å². The van der Waals surface area contributed by atoms with Gasteiger partial charge in [-0.3, -0.25) is 0 Å². The van der Waals surface area contributed by atoms with E-state index >= 15 is 0 Å². The number of rotatable bonds is 6. The molecule has 0 aliphatic carbocycles. The van der Waals surface area contributed by atoms with Gasteiger partial charge >= 0.3 is 0 Å². The van der Waals surface area contributed by atoms with Crippen molar-refractivity contribution in [2.45, 2.75) is 19.4 Å². The van der Waals surface area contributed by atoms with Gasteiger partial charge in [0.1, 0.15) is 0 Å². The summed E-state index contributed by atoms with van der Waals surface area (Å²) in [7, 11) is 0. The van der Waals surface area contributed by atoms with Crippen LogP contribution in [0.1, 0.15) is 12.8 Å². The van der Waals surface area contributed by atoms with E-state index in [0.29, 0.717) is 10.3 Å². The summed E-state index contributed by atoms with van der Waals surface area (Å²) in [5.41, 5.74) is 0.722. The van der Waals surface area contributed by atoms with Crippen molar-refractivity contribution in [2.24, 2.45) is 0 Å². The number of aromatic nitrogens is 4. The Bertz CT molecular complexity index is 486. The summed E-state index contributed by atoms with van der Waals surface area (Å²) < 4.78 is 2.05. The lowest BCUT2D eigenvalue weighted by Crippen LogP contribution is -2.05. The van der Waals surface area contributed by atoms with Crippen LogP contribution in [0.5, 0.6) is 0 Å². The van der Waals surface area contributed by atoms with Crippen molar-refractivity contribution in [2.75, 3.05) is 11.9 Å². The molecule has 0 amide bonds. The smallest absolute Gasteiger partial charge is 0.174 e. The van der Waals surface area contributed by atoms with E-state index in [2.05, 4.69) is 25.1 Å². The van der Waals surface area contributed by atoms with E-state index in [4.69, 9.17) is 23.2 Å². The quantitative estimate of drug-likeness (QED) is 0.830. The van der Waals surface area contributed by atoms with E-state index in [1.54, 1.807) is 12.3 Å². The average Bonchev–Trinajstić information content (AvgIpc) is 2.86. The first-order valence-electron chi connectivity index (χ1n) is 5.64. The second kappa shape index (κ2) is 6.56. The van der Waals surface area contributed by atoms with E-state index in [1.165, 1.54) is 0 Å². The molecule has 0 bridgehead atoms. The van der Waals surface area contributed by atoms with Crippen LogP contribution in [-0.4, -0.2) is 26.3 Å². The molecule has 1 N–H and O–H groups in total. The maximum Gasteiger partial charge on any atom is 0.174 e. The first kappa shape index (κ1) is 13.1. The zero-order chi connectivity index (χ0) is 12.8. The van der Waals surface area contributed by atoms with Crippen LogP contribution < -0.4 is 5.32 Å². The summed E-state index contributed by atoms with van der Waals surface area (Å²) in [4.78, 5) is 3.99. The number of aryl methyl sites for hydroxylation is 1. The van der Waals surface area contributed by atoms with E-state index < -0.39 is 0 Å². The third kappa shape index (κ3) is 3.85. The molecule has 2 rings (SSSR count). The highest BCUT2D eigenvalue weighted by atomic mass is 35.5. The van der Waals surface area contributed by atoms with Crippen LogP contribution in [0.25, 0.3) is 0 Å². The van der Waals surface area contributed by atoms with Gasteiger partial charge in [-0.25, -0.2) is 4.98 Å². The summed E-state index contributed by atoms with van der Waals surface area (Å²) >= 11 is 11.6. The van der Waals surface area contributed by atoms with Crippen LogP contribution in [0, 0.1) is 0 Å². The minimum atomic E-state index is 0.334. The second-order valence-corrected chi connectivity index (χ2v) is 4.55. The number of halogens is 2. The fraction of sp³-hybridized carbons (Fsp3) is 0.364. The largest absolute Gasteiger partial charge is 0.382 e. The highest BCUT2D eigenvalue weighted by Crippen LogP contribution is 2.20. The molecule has 0 unspecified atom stereocenters. The number of unbranched alkanes of at least 4 members (excludes halogenated alkanes) is 1. The summed E-state index contributed by atoms with van der Waals surface area (Å²) in [6.07, 6.45) is 7.64. The fourth-order valence-electron chi connectivity index (χ4n) is 1.54. The molecule has 96 valence electrons. The first-order chi connectivity index (χ1) is 8.75. The fourth-order valence-corrected chi connectivity index (χ4v) is 1.84. The van der Waals surface area contributed by atoms with Gasteiger partial charge in [-0.1, -0.05) is 23.2 Å². The van der Waals surface area contributed by atoms with Crippen molar-refractivity contribution < 1.29 is 0 Å². The number of imidazole rings is 1. The van der Waals surface area contributed by atoms with Gasteiger partial charge in [0.25, 0.3) is 0 Å². The molecule has 7 heteroatoms. The minimum Gasteiger partial charge on any atom is -0.382 e. The molecule has 2 heterocycles. The molecule has 0 saturated heterocycles. The Morgan fingerprint density at radius 3 is 2.89 bits per heavy atom. The van der Waals surface area contributed by atoms with Crippen molar-refractivity contribution in [3.63, 3.8) is 0 Å². The number of nitrogens with zero attached hydrogens (tertiary/aromatic N) is 4. The number of hydrogen-bond donors (Lipinski definition) is 1. The summed E-state index contributed by atoms with van der Waals surface area (Å²) in [5, 5.41) is 11.2. The molecule has 0 spiro atoms. The Morgan fingerprint density at radius 1 is 1.22 bits per heavy atom. The van der Waals surface area contributed by atoms with Crippen molar-refractivity contribution in [3.8, 4) is 0 Å². The first-order valence-corrected chi connectivity index (χ1v) is 6.39. The molecular weight excluding hydrogens is 273 g/mol. The third-order valence-electron chi connectivity index (χ3n) is 2.44. The van der Waals surface area contributed by atoms with Crippen LogP contribution in [0.4, 0.5) is 5.69 Å². The third-order valence-corrected chi connectivity index (χ3v) is 2.90. The van der Waals surface area contributed by atoms with E-state index in [9.17, 15) is 0 Å². The van der Waals surface area contributed by atoms with Gasteiger partial charge < -0.3 is 9.88 Å². The highest BCUT2D eigenvalue weighted by Gasteiger charge is 2.02. The second-order valence-electron chi connectivity index (χ2n) is 3.81. The van der Waals surface area contributed by atoms with Gasteiger partial charge in [0, 0.05) is 31.5 Å². The van der Waals surface area contributed by atoms with Gasteiger partial charge in [-0.05, 0) is 12.8 Å². The summed E-state index contributed by atoms with van der Waals surface area (Å²) in [6.45, 7) is 1.78. The Kier molecular flexibility index (Phi) is 4.78. The molecule has 0 saturated carbocycles. The maximum atomic E-state index is 5.88. The van der Waals surface area contributed by atoms with Crippen LogP contribution in [0.3, 0.4) is 0 Å². The molecule has 0 atom stereocenters. The number of nitrogens with one attached hydrogen (secondary N) is 1. The Hall–Kier alpha value is -1.33. The number of hydrogen-bond acceptors (Lipinski definition) is 4. The van der Waals surface area contributed by atoms with E-state index in [-0.39, 0.29) is 0 Å². The normalized spacial score (nSPS) is 10.6. The van der Waals surface area contributed by atoms with Gasteiger partial charge in [0.15, 0.2) is 10.3 Å². The van der Waals surface area contributed by atoms with E-state index in [0.717, 1.165) is 31.6 Å². The summed E-state index contributed by atoms with van der Waals surface area (Å²) in [6, 6.07) is 1.67. The molecule has 0 fully saturated rings. The molecule has 0 aromatic carbocycles. The highest BCUT2D eigenvalue weighted by molar-refractivity contribution is 6.33. The monoisotopic (exact) mass is 285 g/mol. The molecule has 2 aromatic heterocycles. The predicted octanol–water partition coefficient (Wildman–Crippen LogP) is 2.87. The molecule has 0 aliphatic heterocycles. The molecule has 0 radical (unpaired) electrons. The van der Waals surface area contributed by atoms with Crippen molar-refractivity contribution in [1.82, 2.24) is 19.7 Å². The zero-order valence-corrected chi connectivity index (χ0v) is 11.2. The zero-order valence-electron chi connectivity index (χ0n) is 9.68. The van der Waals surface area contributed by atoms with Crippen LogP contribution in [0.15, 0.2) is 24.8 Å². The van der Waals surface area contributed by atoms with Gasteiger partial charge in [-0.15, -0.1) is 10.2 Å². The van der Waals surface area contributed by atoms with Gasteiger partial charge in [0.2, 0.25) is 0 Å². The lowest BCUT2D eigenvalue weighted by molar-refractivity contribution is 0.621. The average molecular weight is 286 g/mol. The van der Waals surface area contributed by atoms with E-state index in [1.807, 2.05) is 12.5 Å². The molecule has 0 aliphatic rings. The van der Waals surface area contributed by atoms with Crippen LogP contribution in [0.2, 0.25) is 10.3 Å². The van der Waals surface area contributed by atoms with Crippen LogP contribution >= 0.6 is 23.2 Å². The maximum absolute atomic E-state index is 5.88. The SMILES string of the molecule is Clc1cc(NCCCCn2ccnc2)c(Cl)nn1. The Morgan fingerprint density at radius 2 is 2.11 bits per heavy atom. The predicted molar refractivity (Wildman–Crippen MR) is 72.0 cm³/mol. The van der Waals surface area contributed by atoms with Crippen molar-refractivity contribution >= 4 is 28.9 Å². The Balaban J connectivity index is 1.70. The lowest BCUT2D eigenvalue weighted by Gasteiger charge is -2.07. The molecule has 5 nitrogen and oxygen atoms in total. The number of anilines is 1. The topological polar surface area (TPSA) is 55.6 Å². The van der Waals surface area contributed by atoms with Crippen LogP contribution in [-0.2, 0) is 6.54 Å². The summed E-state index contributed by atoms with van der Waals surface area (Å²) in [5.74, 6) is 0. The molecular formula is C11H13Cl2N5. The van der Waals surface area contributed by atoms with Gasteiger partial charge in [0.05, 0.1) is 12.0 Å². The van der Waals surface area contributed by atoms with Gasteiger partial charge in [-0.2, -0.15) is 0 Å².